The van der Waals surface area contributed by atoms with Crippen LogP contribution in [0.2, 0.25) is 0 Å². The second-order valence-corrected chi connectivity index (χ2v) is 6.24. The Kier molecular flexibility index (Phi) is 10.0. The Morgan fingerprint density at radius 1 is 1.29 bits per heavy atom. The van der Waals surface area contributed by atoms with E-state index in [1.54, 1.807) is 0 Å². The van der Waals surface area contributed by atoms with E-state index in [0.29, 0.717) is 0 Å². The fourth-order valence-electron chi connectivity index (χ4n) is 1.34. The Labute approximate surface area is 105 Å². The van der Waals surface area contributed by atoms with Gasteiger partial charge in [-0.2, -0.15) is 18.1 Å². The van der Waals surface area contributed by atoms with Crippen LogP contribution in [0.5, 0.6) is 0 Å². The van der Waals surface area contributed by atoms with Crippen molar-refractivity contribution in [3.05, 3.63) is 55.0 Å². The van der Waals surface area contributed by atoms with Crippen LogP contribution in [0.3, 0.4) is 0 Å². The first kappa shape index (κ1) is 14.3. The molecule has 0 atom stereocenters. The molecule has 0 saturated carbocycles. The van der Waals surface area contributed by atoms with Gasteiger partial charge in [-0.1, -0.05) is 18.9 Å². The van der Waals surface area contributed by atoms with Crippen molar-refractivity contribution in [1.29, 1.82) is 0 Å². The molecule has 0 heterocycles. The molecular formula is C11H12Cl2Zr. The first-order valence-electron chi connectivity index (χ1n) is 4.16. The number of aryl methyl sites for hydroxylation is 1. The number of halogens is 2. The van der Waals surface area contributed by atoms with E-state index in [2.05, 4.69) is 43.8 Å². The molecule has 14 heavy (non-hydrogen) atoms. The largest absolute Gasteiger partial charge is 0.189 e. The summed E-state index contributed by atoms with van der Waals surface area (Å²) < 4.78 is 0. The van der Waals surface area contributed by atoms with E-state index in [9.17, 15) is 0 Å². The number of hydrogen-bond acceptors (Lipinski definition) is 0. The summed E-state index contributed by atoms with van der Waals surface area (Å²) in [5, 5.41) is 0. The third-order valence-electron chi connectivity index (χ3n) is 1.83. The molecule has 0 spiro atoms. The van der Waals surface area contributed by atoms with Crippen molar-refractivity contribution in [2.24, 2.45) is 0 Å². The molecule has 0 unspecified atom stereocenters. The van der Waals surface area contributed by atoms with Gasteiger partial charge in [-0.15, -0.1) is 17.7 Å². The summed E-state index contributed by atoms with van der Waals surface area (Å²) in [5.41, 5.74) is 2.95. The van der Waals surface area contributed by atoms with E-state index in [1.807, 2.05) is 0 Å². The van der Waals surface area contributed by atoms with Crippen molar-refractivity contribution in [2.45, 2.75) is 12.8 Å². The second-order valence-electron chi connectivity index (χ2n) is 2.51. The van der Waals surface area contributed by atoms with E-state index in [0.717, 1.165) is 0 Å². The van der Waals surface area contributed by atoms with E-state index in [1.165, 1.54) is 24.0 Å². The van der Waals surface area contributed by atoms with Crippen LogP contribution in [-0.2, 0) is 27.3 Å². The molecule has 74 valence electrons. The third kappa shape index (κ3) is 5.24. The van der Waals surface area contributed by atoms with Gasteiger partial charge in [0, 0.05) is 0 Å². The quantitative estimate of drug-likeness (QED) is 0.631. The van der Waals surface area contributed by atoms with E-state index in [4.69, 9.17) is 17.0 Å². The zero-order valence-corrected chi connectivity index (χ0v) is 11.8. The van der Waals surface area contributed by atoms with Crippen LogP contribution >= 0.6 is 17.0 Å². The molecule has 0 amide bonds. The van der Waals surface area contributed by atoms with Crippen molar-refractivity contribution < 1.29 is 20.8 Å². The number of hydrogen-bond donors (Lipinski definition) is 0. The maximum Gasteiger partial charge on any atom is -0.0804 e. The predicted molar refractivity (Wildman–Crippen MR) is 59.8 cm³/mol. The van der Waals surface area contributed by atoms with Crippen molar-refractivity contribution in [2.75, 3.05) is 0 Å². The zero-order valence-electron chi connectivity index (χ0n) is 7.84. The minimum absolute atomic E-state index is 0.826. The Morgan fingerprint density at radius 2 is 1.86 bits per heavy atom. The summed E-state index contributed by atoms with van der Waals surface area (Å²) >= 11 is -0.826. The zero-order chi connectivity index (χ0) is 10.8. The van der Waals surface area contributed by atoms with Gasteiger partial charge in [0.15, 0.2) is 0 Å². The fraction of sp³-hybridized carbons (Fsp3) is 0.182. The predicted octanol–water partition coefficient (Wildman–Crippen LogP) is 4.17. The topological polar surface area (TPSA) is 0 Å². The molecule has 0 fully saturated rings. The average Bonchev–Trinajstić information content (AvgIpc) is 2.69. The number of fused-ring (bicyclic) bond motifs is 1. The Bertz CT molecular complexity index is 228. The van der Waals surface area contributed by atoms with Crippen LogP contribution in [0.4, 0.5) is 0 Å². The van der Waals surface area contributed by atoms with Crippen LogP contribution in [-0.4, -0.2) is 0 Å². The molecule has 1 aromatic carbocycles. The van der Waals surface area contributed by atoms with Gasteiger partial charge in [0.1, 0.15) is 0 Å². The molecule has 2 rings (SSSR count). The smallest absolute Gasteiger partial charge is 0.0804 e. The molecule has 1 aliphatic carbocycles. The van der Waals surface area contributed by atoms with E-state index >= 15 is 0 Å². The number of rotatable bonds is 0. The van der Waals surface area contributed by atoms with Crippen LogP contribution in [0, 0.1) is 13.0 Å². The summed E-state index contributed by atoms with van der Waals surface area (Å²) in [6.45, 7) is 7.00. The first-order chi connectivity index (χ1) is 6.88. The molecule has 3 heteroatoms. The van der Waals surface area contributed by atoms with Gasteiger partial charge < -0.3 is 6.58 Å². The van der Waals surface area contributed by atoms with Gasteiger partial charge in [0.05, 0.1) is 0 Å². The fourth-order valence-corrected chi connectivity index (χ4v) is 1.34. The maximum atomic E-state index is 4.93. The maximum absolute atomic E-state index is 4.93. The van der Waals surface area contributed by atoms with Crippen LogP contribution in [0.25, 0.3) is 0 Å². The molecule has 0 nitrogen and oxygen atoms in total. The minimum atomic E-state index is -0.826. The Morgan fingerprint density at radius 3 is 2.43 bits per heavy atom. The second kappa shape index (κ2) is 9.83. The molecular weight excluding hydrogens is 294 g/mol. The average molecular weight is 306 g/mol. The molecule has 0 N–H and O–H groups in total. The molecule has 0 saturated heterocycles. The minimum Gasteiger partial charge on any atom is -0.189 e. The first-order valence-corrected chi connectivity index (χ1v) is 10.5. The van der Waals surface area contributed by atoms with Crippen LogP contribution in [0.1, 0.15) is 17.5 Å². The van der Waals surface area contributed by atoms with Crippen molar-refractivity contribution >= 4 is 17.0 Å². The molecule has 0 aromatic heterocycles. The van der Waals surface area contributed by atoms with Gasteiger partial charge in [0.2, 0.25) is 0 Å². The van der Waals surface area contributed by atoms with Crippen molar-refractivity contribution in [3.63, 3.8) is 0 Å². The summed E-state index contributed by atoms with van der Waals surface area (Å²) in [5.74, 6) is 0. The third-order valence-corrected chi connectivity index (χ3v) is 1.83. The SMILES string of the molecule is [CH-]=C.[Cl][Zr+2][Cl].c1ccc2c(c1)[CH-]CC2. The Balaban J connectivity index is 0.000000294. The normalized spacial score (nSPS) is 10.4. The standard InChI is InChI=1S/C9H9.C2H3.2ClH.Zr/c1-2-5-9-7-3-6-8(9)4-1;1-2;;;/h1-2,4-6H,3,7H2;1H,2H2;2*1H;/q2*-1;;;+4/p-2. The molecule has 0 aliphatic heterocycles. The molecule has 1 aliphatic rings. The van der Waals surface area contributed by atoms with E-state index in [-0.39, 0.29) is 0 Å². The molecule has 1 aromatic rings. The van der Waals surface area contributed by atoms with Crippen LogP contribution < -0.4 is 0 Å². The van der Waals surface area contributed by atoms with Gasteiger partial charge in [-0.3, -0.25) is 6.58 Å². The summed E-state index contributed by atoms with van der Waals surface area (Å²) in [7, 11) is 9.87. The van der Waals surface area contributed by atoms with Gasteiger partial charge in [-0.25, -0.2) is 0 Å². The van der Waals surface area contributed by atoms with Crippen molar-refractivity contribution in [3.8, 4) is 0 Å². The van der Waals surface area contributed by atoms with Crippen LogP contribution in [0.15, 0.2) is 30.8 Å². The van der Waals surface area contributed by atoms with Gasteiger partial charge in [-0.05, 0) is 0 Å². The van der Waals surface area contributed by atoms with E-state index < -0.39 is 20.8 Å². The number of benzene rings is 1. The monoisotopic (exact) mass is 304 g/mol. The molecule has 0 radical (unpaired) electrons. The van der Waals surface area contributed by atoms with Gasteiger partial charge >= 0.3 is 37.9 Å². The van der Waals surface area contributed by atoms with Gasteiger partial charge in [0.25, 0.3) is 0 Å². The summed E-state index contributed by atoms with van der Waals surface area (Å²) in [6.07, 6.45) is 4.78. The Hall–Kier alpha value is 0.293. The summed E-state index contributed by atoms with van der Waals surface area (Å²) in [4.78, 5) is 0. The van der Waals surface area contributed by atoms with Crippen molar-refractivity contribution in [1.82, 2.24) is 0 Å². The molecule has 0 bridgehead atoms. The summed E-state index contributed by atoms with van der Waals surface area (Å²) in [6, 6.07) is 8.60.